The van der Waals surface area contributed by atoms with Gasteiger partial charge < -0.3 is 4.74 Å². The second-order valence-electron chi connectivity index (χ2n) is 7.54. The van der Waals surface area contributed by atoms with Crippen LogP contribution in [0.4, 0.5) is 0 Å². The number of pyridine rings is 1. The first-order valence-corrected chi connectivity index (χ1v) is 10.3. The highest BCUT2D eigenvalue weighted by atomic mass is 16.5. The fourth-order valence-electron chi connectivity index (χ4n) is 3.58. The summed E-state index contributed by atoms with van der Waals surface area (Å²) in [4.78, 5) is 21.9. The standard InChI is InChI=1S/C25H21N5O2/c1-29-16-19(15-28-29)24-14-21(9-11-26-24)32-20-7-8-23-22(13-20)25(31)30(17-27-23)12-10-18-5-3-2-4-6-18/h2-9,11,13-17H,10,12H2,1H3. The van der Waals surface area contributed by atoms with Crippen molar-refractivity contribution in [2.24, 2.45) is 7.05 Å². The number of benzene rings is 2. The van der Waals surface area contributed by atoms with Gasteiger partial charge in [0.2, 0.25) is 0 Å². The van der Waals surface area contributed by atoms with Gasteiger partial charge in [0.1, 0.15) is 11.5 Å². The van der Waals surface area contributed by atoms with Crippen LogP contribution in [-0.4, -0.2) is 24.3 Å². The number of rotatable bonds is 6. The van der Waals surface area contributed by atoms with Crippen LogP contribution in [0.1, 0.15) is 5.56 Å². The van der Waals surface area contributed by atoms with Gasteiger partial charge in [-0.05, 0) is 36.2 Å². The van der Waals surface area contributed by atoms with Gasteiger partial charge in [-0.25, -0.2) is 4.98 Å². The maximum atomic E-state index is 13.0. The van der Waals surface area contributed by atoms with Crippen LogP contribution in [0, 0.1) is 0 Å². The van der Waals surface area contributed by atoms with Gasteiger partial charge in [0, 0.05) is 37.6 Å². The minimum absolute atomic E-state index is 0.0813. The van der Waals surface area contributed by atoms with Gasteiger partial charge in [-0.15, -0.1) is 0 Å². The predicted octanol–water partition coefficient (Wildman–Crippen LogP) is 4.23. The molecule has 0 fully saturated rings. The Hall–Kier alpha value is -4.26. The van der Waals surface area contributed by atoms with E-state index in [9.17, 15) is 4.79 Å². The van der Waals surface area contributed by atoms with Crippen molar-refractivity contribution in [3.05, 3.63) is 101 Å². The Labute approximate surface area is 184 Å². The van der Waals surface area contributed by atoms with Gasteiger partial charge in [-0.2, -0.15) is 5.10 Å². The van der Waals surface area contributed by atoms with E-state index in [0.717, 1.165) is 17.7 Å². The van der Waals surface area contributed by atoms with Crippen LogP contribution >= 0.6 is 0 Å². The molecule has 7 nitrogen and oxygen atoms in total. The lowest BCUT2D eigenvalue weighted by molar-refractivity contribution is 0.483. The first kappa shape index (κ1) is 19.7. The Kier molecular flexibility index (Phi) is 5.21. The lowest BCUT2D eigenvalue weighted by Gasteiger charge is -2.09. The van der Waals surface area contributed by atoms with Crippen LogP contribution in [0.25, 0.3) is 22.2 Å². The molecule has 5 rings (SSSR count). The molecule has 0 atom stereocenters. The maximum absolute atomic E-state index is 13.0. The number of ether oxygens (including phenoxy) is 1. The number of aryl methyl sites for hydroxylation is 3. The van der Waals surface area contributed by atoms with Crippen molar-refractivity contribution in [1.29, 1.82) is 0 Å². The fourth-order valence-corrected chi connectivity index (χ4v) is 3.58. The molecule has 0 aliphatic rings. The highest BCUT2D eigenvalue weighted by Gasteiger charge is 2.09. The average Bonchev–Trinajstić information content (AvgIpc) is 3.26. The summed E-state index contributed by atoms with van der Waals surface area (Å²) in [7, 11) is 1.86. The van der Waals surface area contributed by atoms with Crippen LogP contribution in [0.15, 0.2) is 90.4 Å². The summed E-state index contributed by atoms with van der Waals surface area (Å²) in [5.41, 5.74) is 3.41. The highest BCUT2D eigenvalue weighted by molar-refractivity contribution is 5.79. The topological polar surface area (TPSA) is 74.8 Å². The molecule has 0 aliphatic heterocycles. The van der Waals surface area contributed by atoms with Crippen molar-refractivity contribution < 1.29 is 4.74 Å². The third-order valence-corrected chi connectivity index (χ3v) is 5.25. The second kappa shape index (κ2) is 8.47. The van der Waals surface area contributed by atoms with Crippen molar-refractivity contribution in [3.63, 3.8) is 0 Å². The van der Waals surface area contributed by atoms with E-state index in [1.165, 1.54) is 5.56 Å². The Balaban J connectivity index is 1.40. The van der Waals surface area contributed by atoms with E-state index in [1.54, 1.807) is 46.2 Å². The monoisotopic (exact) mass is 423 g/mol. The largest absolute Gasteiger partial charge is 0.457 e. The number of fused-ring (bicyclic) bond motifs is 1. The van der Waals surface area contributed by atoms with Gasteiger partial charge in [-0.1, -0.05) is 30.3 Å². The Morgan fingerprint density at radius 2 is 1.81 bits per heavy atom. The zero-order chi connectivity index (χ0) is 21.9. The predicted molar refractivity (Wildman–Crippen MR) is 123 cm³/mol. The molecule has 7 heteroatoms. The van der Waals surface area contributed by atoms with E-state index in [4.69, 9.17) is 4.74 Å². The summed E-state index contributed by atoms with van der Waals surface area (Å²) < 4.78 is 9.41. The third kappa shape index (κ3) is 4.13. The molecule has 3 heterocycles. The molecule has 5 aromatic rings. The third-order valence-electron chi connectivity index (χ3n) is 5.25. The summed E-state index contributed by atoms with van der Waals surface area (Å²) in [6, 6.07) is 19.1. The van der Waals surface area contributed by atoms with Gasteiger partial charge in [0.25, 0.3) is 5.56 Å². The average molecular weight is 423 g/mol. The van der Waals surface area contributed by atoms with Gasteiger partial charge in [0.05, 0.1) is 29.1 Å². The number of hydrogen-bond acceptors (Lipinski definition) is 5. The summed E-state index contributed by atoms with van der Waals surface area (Å²) in [5, 5.41) is 4.71. The zero-order valence-corrected chi connectivity index (χ0v) is 17.5. The number of nitrogens with zero attached hydrogens (tertiary/aromatic N) is 5. The molecule has 32 heavy (non-hydrogen) atoms. The van der Waals surface area contributed by atoms with Crippen molar-refractivity contribution in [1.82, 2.24) is 24.3 Å². The summed E-state index contributed by atoms with van der Waals surface area (Å²) in [6.45, 7) is 0.565. The van der Waals surface area contributed by atoms with Gasteiger partial charge in [0.15, 0.2) is 0 Å². The molecule has 0 unspecified atom stereocenters. The normalized spacial score (nSPS) is 11.0. The van der Waals surface area contributed by atoms with Crippen LogP contribution in [0.5, 0.6) is 11.5 Å². The second-order valence-corrected chi connectivity index (χ2v) is 7.54. The Morgan fingerprint density at radius 3 is 2.62 bits per heavy atom. The van der Waals surface area contributed by atoms with Gasteiger partial charge in [-0.3, -0.25) is 19.0 Å². The molecule has 0 aliphatic carbocycles. The zero-order valence-electron chi connectivity index (χ0n) is 17.5. The first-order chi connectivity index (χ1) is 15.7. The molecule has 0 N–H and O–H groups in total. The Bertz CT molecular complexity index is 1440. The minimum atomic E-state index is -0.0813. The fraction of sp³-hybridized carbons (Fsp3) is 0.120. The van der Waals surface area contributed by atoms with Crippen LogP contribution in [0.2, 0.25) is 0 Å². The first-order valence-electron chi connectivity index (χ1n) is 10.3. The molecule has 0 bridgehead atoms. The quantitative estimate of drug-likeness (QED) is 0.409. The summed E-state index contributed by atoms with van der Waals surface area (Å²) in [5.74, 6) is 1.20. The van der Waals surface area contributed by atoms with E-state index in [-0.39, 0.29) is 5.56 Å². The molecule has 0 saturated heterocycles. The molecular weight excluding hydrogens is 402 g/mol. The van der Waals surface area contributed by atoms with Crippen LogP contribution in [0.3, 0.4) is 0 Å². The lowest BCUT2D eigenvalue weighted by atomic mass is 10.1. The van der Waals surface area contributed by atoms with E-state index < -0.39 is 0 Å². The van der Waals surface area contributed by atoms with E-state index in [2.05, 4.69) is 27.2 Å². The highest BCUT2D eigenvalue weighted by Crippen LogP contribution is 2.26. The molecule has 158 valence electrons. The van der Waals surface area contributed by atoms with Crippen LogP contribution < -0.4 is 10.3 Å². The SMILES string of the molecule is Cn1cc(-c2cc(Oc3ccc4ncn(CCc5ccccc5)c(=O)c4c3)ccn2)cn1. The smallest absolute Gasteiger partial charge is 0.261 e. The number of aromatic nitrogens is 5. The van der Waals surface area contributed by atoms with Gasteiger partial charge >= 0.3 is 0 Å². The molecule has 3 aromatic heterocycles. The van der Waals surface area contributed by atoms with E-state index in [1.807, 2.05) is 43.6 Å². The molecular formula is C25H21N5O2. The maximum Gasteiger partial charge on any atom is 0.261 e. The van der Waals surface area contributed by atoms with E-state index >= 15 is 0 Å². The molecule has 0 saturated carbocycles. The van der Waals surface area contributed by atoms with Crippen molar-refractivity contribution in [2.75, 3.05) is 0 Å². The Morgan fingerprint density at radius 1 is 0.969 bits per heavy atom. The lowest BCUT2D eigenvalue weighted by Crippen LogP contribution is -2.21. The molecule has 0 radical (unpaired) electrons. The van der Waals surface area contributed by atoms with Crippen molar-refractivity contribution in [3.8, 4) is 22.8 Å². The number of hydrogen-bond donors (Lipinski definition) is 0. The molecule has 0 amide bonds. The van der Waals surface area contributed by atoms with Crippen molar-refractivity contribution >= 4 is 10.9 Å². The molecule has 0 spiro atoms. The molecule has 2 aromatic carbocycles. The van der Waals surface area contributed by atoms with Crippen LogP contribution in [-0.2, 0) is 20.0 Å². The summed E-state index contributed by atoms with van der Waals surface area (Å²) in [6.07, 6.45) is 7.71. The minimum Gasteiger partial charge on any atom is -0.457 e. The van der Waals surface area contributed by atoms with E-state index in [0.29, 0.717) is 28.9 Å². The summed E-state index contributed by atoms with van der Waals surface area (Å²) >= 11 is 0. The van der Waals surface area contributed by atoms with Crippen molar-refractivity contribution in [2.45, 2.75) is 13.0 Å².